The van der Waals surface area contributed by atoms with E-state index in [0.717, 1.165) is 66.3 Å². The van der Waals surface area contributed by atoms with E-state index in [1.54, 1.807) is 28.9 Å². The summed E-state index contributed by atoms with van der Waals surface area (Å²) in [6, 6.07) is 15.6. The molecule has 1 aromatic carbocycles. The number of anilines is 1. The summed E-state index contributed by atoms with van der Waals surface area (Å²) in [5.74, 6) is 0.921. The summed E-state index contributed by atoms with van der Waals surface area (Å²) in [6.45, 7) is 6.15. The first-order chi connectivity index (χ1) is 16.8. The Bertz CT molecular complexity index is 1530. The molecule has 0 amide bonds. The highest BCUT2D eigenvalue weighted by molar-refractivity contribution is 7.90. The zero-order chi connectivity index (χ0) is 24.6. The van der Waals surface area contributed by atoms with Gasteiger partial charge in [-0.1, -0.05) is 12.1 Å². The first kappa shape index (κ1) is 23.0. The van der Waals surface area contributed by atoms with Crippen LogP contribution in [-0.2, 0) is 16.4 Å². The maximum atomic E-state index is 11.8. The van der Waals surface area contributed by atoms with Crippen LogP contribution in [0.4, 0.5) is 5.82 Å². The molecule has 1 aliphatic rings. The summed E-state index contributed by atoms with van der Waals surface area (Å²) in [6.07, 6.45) is 6.61. The van der Waals surface area contributed by atoms with Crippen LogP contribution in [0.15, 0.2) is 66.0 Å². The highest BCUT2D eigenvalue weighted by Crippen LogP contribution is 2.29. The number of piperazine rings is 1. The largest absolute Gasteiger partial charge is 0.354 e. The third-order valence-corrected chi connectivity index (χ3v) is 7.47. The zero-order valence-electron chi connectivity index (χ0n) is 19.7. The molecule has 0 saturated carbocycles. The van der Waals surface area contributed by atoms with E-state index in [9.17, 15) is 13.7 Å². The number of nitriles is 1. The van der Waals surface area contributed by atoms with Crippen molar-refractivity contribution >= 4 is 21.2 Å². The van der Waals surface area contributed by atoms with Gasteiger partial charge in [-0.2, -0.15) is 10.4 Å². The summed E-state index contributed by atoms with van der Waals surface area (Å²) in [4.78, 5) is 9.69. The third kappa shape index (κ3) is 4.76. The molecule has 5 rings (SSSR count). The van der Waals surface area contributed by atoms with E-state index in [4.69, 9.17) is 4.98 Å². The Hall–Kier alpha value is -3.74. The molecule has 3 aromatic heterocycles. The van der Waals surface area contributed by atoms with Crippen molar-refractivity contribution in [3.8, 4) is 17.2 Å². The first-order valence-corrected chi connectivity index (χ1v) is 13.3. The van der Waals surface area contributed by atoms with E-state index in [1.807, 2.05) is 37.5 Å². The lowest BCUT2D eigenvalue weighted by molar-refractivity contribution is 0.249. The van der Waals surface area contributed by atoms with Crippen LogP contribution in [0.5, 0.6) is 0 Å². The Morgan fingerprint density at radius 3 is 2.54 bits per heavy atom. The van der Waals surface area contributed by atoms with Crippen LogP contribution in [-0.4, -0.2) is 60.4 Å². The molecule has 0 spiro atoms. The van der Waals surface area contributed by atoms with Crippen LogP contribution in [0.1, 0.15) is 16.7 Å². The van der Waals surface area contributed by atoms with E-state index in [1.165, 1.54) is 6.26 Å². The van der Waals surface area contributed by atoms with Gasteiger partial charge in [-0.15, -0.1) is 0 Å². The van der Waals surface area contributed by atoms with Crippen molar-refractivity contribution in [1.29, 1.82) is 5.26 Å². The minimum absolute atomic E-state index is 0.363. The average molecular weight is 487 g/mol. The van der Waals surface area contributed by atoms with Crippen LogP contribution in [0.25, 0.3) is 16.6 Å². The molecule has 1 fully saturated rings. The number of aryl methyl sites for hydroxylation is 1. The number of fused-ring (bicyclic) bond motifs is 1. The van der Waals surface area contributed by atoms with Gasteiger partial charge in [0, 0.05) is 62.5 Å². The van der Waals surface area contributed by atoms with E-state index < -0.39 is 9.84 Å². The maximum absolute atomic E-state index is 11.8. The molecular weight excluding hydrogens is 460 g/mol. The van der Waals surface area contributed by atoms with Crippen molar-refractivity contribution in [3.05, 3.63) is 77.7 Å². The molecule has 4 aromatic rings. The predicted molar refractivity (Wildman–Crippen MR) is 135 cm³/mol. The lowest BCUT2D eigenvalue weighted by Crippen LogP contribution is -2.46. The number of rotatable bonds is 5. The molecule has 1 saturated heterocycles. The molecule has 4 heterocycles. The van der Waals surface area contributed by atoms with E-state index in [-0.39, 0.29) is 0 Å². The molecule has 0 N–H and O–H groups in total. The van der Waals surface area contributed by atoms with E-state index in [2.05, 4.69) is 27.0 Å². The number of hydrogen-bond donors (Lipinski definition) is 0. The van der Waals surface area contributed by atoms with Gasteiger partial charge in [-0.05, 0) is 48.4 Å². The Balaban J connectivity index is 1.28. The van der Waals surface area contributed by atoms with Crippen LogP contribution in [0.2, 0.25) is 0 Å². The van der Waals surface area contributed by atoms with Gasteiger partial charge in [-0.3, -0.25) is 4.90 Å². The SMILES string of the molecule is Cc1cc(-c2ccc(N3CCN(Cc4cccc(S(C)(=O)=O)c4)CC3)nc2)c2c(C#N)cnn2c1. The van der Waals surface area contributed by atoms with E-state index in [0.29, 0.717) is 10.5 Å². The summed E-state index contributed by atoms with van der Waals surface area (Å²) in [5, 5.41) is 13.8. The molecule has 0 atom stereocenters. The van der Waals surface area contributed by atoms with E-state index >= 15 is 0 Å². The van der Waals surface area contributed by atoms with Gasteiger partial charge in [0.05, 0.1) is 22.2 Å². The normalized spacial score (nSPS) is 14.8. The fraction of sp³-hybridized carbons (Fsp3) is 0.269. The topological polar surface area (TPSA) is 94.6 Å². The Morgan fingerprint density at radius 2 is 1.86 bits per heavy atom. The Kier molecular flexibility index (Phi) is 6.01. The highest BCUT2D eigenvalue weighted by Gasteiger charge is 2.19. The smallest absolute Gasteiger partial charge is 0.175 e. The number of sulfone groups is 1. The molecule has 0 unspecified atom stereocenters. The van der Waals surface area contributed by atoms with Gasteiger partial charge in [0.2, 0.25) is 0 Å². The fourth-order valence-electron chi connectivity index (χ4n) is 4.56. The lowest BCUT2D eigenvalue weighted by Gasteiger charge is -2.35. The summed E-state index contributed by atoms with van der Waals surface area (Å²) >= 11 is 0. The second-order valence-electron chi connectivity index (χ2n) is 8.98. The number of nitrogens with zero attached hydrogens (tertiary/aromatic N) is 6. The number of pyridine rings is 2. The first-order valence-electron chi connectivity index (χ1n) is 11.4. The molecular formula is C26H26N6O2S. The van der Waals surface area contributed by atoms with Crippen LogP contribution in [0, 0.1) is 18.3 Å². The van der Waals surface area contributed by atoms with Gasteiger partial charge in [0.15, 0.2) is 9.84 Å². The third-order valence-electron chi connectivity index (χ3n) is 6.36. The monoisotopic (exact) mass is 486 g/mol. The molecule has 1 aliphatic heterocycles. The molecule has 9 heteroatoms. The van der Waals surface area contributed by atoms with Gasteiger partial charge in [0.25, 0.3) is 0 Å². The summed E-state index contributed by atoms with van der Waals surface area (Å²) in [5.41, 5.74) is 5.29. The maximum Gasteiger partial charge on any atom is 0.175 e. The second kappa shape index (κ2) is 9.13. The lowest BCUT2D eigenvalue weighted by atomic mass is 10.0. The van der Waals surface area contributed by atoms with Crippen molar-refractivity contribution in [2.45, 2.75) is 18.4 Å². The van der Waals surface area contributed by atoms with Crippen LogP contribution in [0.3, 0.4) is 0 Å². The quantitative estimate of drug-likeness (QED) is 0.427. The zero-order valence-corrected chi connectivity index (χ0v) is 20.5. The number of benzene rings is 1. The van der Waals surface area contributed by atoms with Crippen molar-refractivity contribution in [1.82, 2.24) is 19.5 Å². The Morgan fingerprint density at radius 1 is 1.06 bits per heavy atom. The minimum Gasteiger partial charge on any atom is -0.354 e. The molecule has 178 valence electrons. The van der Waals surface area contributed by atoms with Gasteiger partial charge >= 0.3 is 0 Å². The van der Waals surface area contributed by atoms with Crippen molar-refractivity contribution in [3.63, 3.8) is 0 Å². The van der Waals surface area contributed by atoms with Crippen molar-refractivity contribution in [2.75, 3.05) is 37.3 Å². The van der Waals surface area contributed by atoms with Crippen molar-refractivity contribution < 1.29 is 8.42 Å². The van der Waals surface area contributed by atoms with Gasteiger partial charge in [0.1, 0.15) is 11.9 Å². The Labute approximate surface area is 205 Å². The van der Waals surface area contributed by atoms with Crippen molar-refractivity contribution in [2.24, 2.45) is 0 Å². The summed E-state index contributed by atoms with van der Waals surface area (Å²) < 4.78 is 25.4. The van der Waals surface area contributed by atoms with Gasteiger partial charge < -0.3 is 4.90 Å². The molecule has 8 nitrogen and oxygen atoms in total. The molecule has 35 heavy (non-hydrogen) atoms. The highest BCUT2D eigenvalue weighted by atomic mass is 32.2. The molecule has 0 aliphatic carbocycles. The standard InChI is InChI=1S/C26H26N6O2S/c1-19-12-24(26-22(14-27)16-29-32(26)17-19)21-6-7-25(28-15-21)31-10-8-30(9-11-31)18-20-4-3-5-23(13-20)35(2,33)34/h3-7,12-13,15-17H,8-11,18H2,1-2H3. The fourth-order valence-corrected chi connectivity index (χ4v) is 5.25. The number of hydrogen-bond acceptors (Lipinski definition) is 7. The second-order valence-corrected chi connectivity index (χ2v) is 11.0. The molecule has 0 radical (unpaired) electrons. The molecule has 0 bridgehead atoms. The predicted octanol–water partition coefficient (Wildman–Crippen LogP) is 3.30. The number of aromatic nitrogens is 3. The average Bonchev–Trinajstić information content (AvgIpc) is 3.27. The van der Waals surface area contributed by atoms with Crippen LogP contribution >= 0.6 is 0 Å². The minimum atomic E-state index is -3.21. The van der Waals surface area contributed by atoms with Gasteiger partial charge in [-0.25, -0.2) is 17.9 Å². The van der Waals surface area contributed by atoms with Crippen LogP contribution < -0.4 is 4.90 Å². The summed E-state index contributed by atoms with van der Waals surface area (Å²) in [7, 11) is -3.21.